The third-order valence-electron chi connectivity index (χ3n) is 6.10. The van der Waals surface area contributed by atoms with Crippen LogP contribution in [0.3, 0.4) is 0 Å². The number of para-hydroxylation sites is 1. The van der Waals surface area contributed by atoms with Gasteiger partial charge >= 0.3 is 0 Å². The molecule has 9 heteroatoms. The van der Waals surface area contributed by atoms with Crippen LogP contribution < -0.4 is 9.64 Å². The maximum absolute atomic E-state index is 12.7. The van der Waals surface area contributed by atoms with E-state index in [9.17, 15) is 4.79 Å². The highest BCUT2D eigenvalue weighted by Gasteiger charge is 2.21. The lowest BCUT2D eigenvalue weighted by Gasteiger charge is -2.36. The Morgan fingerprint density at radius 2 is 1.72 bits per heavy atom. The van der Waals surface area contributed by atoms with Gasteiger partial charge in [-0.05, 0) is 55.5 Å². The summed E-state index contributed by atoms with van der Waals surface area (Å²) in [6.45, 7) is 5.16. The number of nitrogens with zero attached hydrogens (tertiary/aromatic N) is 5. The summed E-state index contributed by atoms with van der Waals surface area (Å²) >= 11 is 3.03. The minimum atomic E-state index is 0.140. The van der Waals surface area contributed by atoms with Gasteiger partial charge in [0.2, 0.25) is 5.91 Å². The van der Waals surface area contributed by atoms with Crippen molar-refractivity contribution in [2.24, 2.45) is 0 Å². The second-order valence-electron chi connectivity index (χ2n) is 8.41. The van der Waals surface area contributed by atoms with E-state index < -0.39 is 0 Å². The second kappa shape index (κ2) is 11.1. The molecule has 1 aliphatic rings. The highest BCUT2D eigenvalue weighted by molar-refractivity contribution is 7.99. The number of ether oxygens (including phenoxy) is 1. The minimum Gasteiger partial charge on any atom is -0.497 e. The van der Waals surface area contributed by atoms with Crippen molar-refractivity contribution in [3.63, 3.8) is 0 Å². The van der Waals surface area contributed by atoms with E-state index in [1.807, 2.05) is 66.4 Å². The number of hydrogen-bond donors (Lipinski definition) is 0. The lowest BCUT2D eigenvalue weighted by molar-refractivity contribution is -0.128. The van der Waals surface area contributed by atoms with Crippen LogP contribution in [0.4, 0.5) is 5.69 Å². The van der Waals surface area contributed by atoms with Crippen LogP contribution in [-0.2, 0) is 4.79 Å². The largest absolute Gasteiger partial charge is 0.497 e. The number of amides is 1. The number of carbonyl (C=O) groups excluding carboxylic acids is 1. The standard InChI is InChI=1S/C27H27N5O2S2/c1-19-26(36-27(28-19)20-8-10-22(34-2)11-9-20)23-12-13-24(30-29-23)35-18-25(33)32-16-14-31(15-17-32)21-6-4-3-5-7-21/h3-13H,14-18H2,1-2H3. The highest BCUT2D eigenvalue weighted by atomic mass is 32.2. The van der Waals surface area contributed by atoms with Crippen LogP contribution in [0.2, 0.25) is 0 Å². The minimum absolute atomic E-state index is 0.140. The quantitative estimate of drug-likeness (QED) is 0.319. The number of rotatable bonds is 7. The lowest BCUT2D eigenvalue weighted by atomic mass is 10.2. The smallest absolute Gasteiger partial charge is 0.233 e. The third kappa shape index (κ3) is 5.52. The first-order valence-corrected chi connectivity index (χ1v) is 13.6. The van der Waals surface area contributed by atoms with Gasteiger partial charge in [0.15, 0.2) is 0 Å². The van der Waals surface area contributed by atoms with Crippen LogP contribution in [0.25, 0.3) is 21.1 Å². The summed E-state index contributed by atoms with van der Waals surface area (Å²) in [6, 6.07) is 22.1. The molecule has 7 nitrogen and oxygen atoms in total. The molecule has 2 aromatic heterocycles. The molecular formula is C27H27N5O2S2. The molecular weight excluding hydrogens is 490 g/mol. The summed E-state index contributed by atoms with van der Waals surface area (Å²) in [7, 11) is 1.66. The zero-order valence-electron chi connectivity index (χ0n) is 20.3. The Kier molecular flexibility index (Phi) is 7.48. The first-order valence-electron chi connectivity index (χ1n) is 11.8. The average Bonchev–Trinajstić information content (AvgIpc) is 3.34. The van der Waals surface area contributed by atoms with Crippen LogP contribution in [-0.4, -0.2) is 65.0 Å². The molecule has 1 fully saturated rings. The molecule has 0 radical (unpaired) electrons. The fraction of sp³-hybridized carbons (Fsp3) is 0.259. The molecule has 0 aliphatic carbocycles. The number of hydrogen-bond acceptors (Lipinski definition) is 8. The molecule has 0 spiro atoms. The van der Waals surface area contributed by atoms with Crippen molar-refractivity contribution in [2.75, 3.05) is 43.9 Å². The van der Waals surface area contributed by atoms with Gasteiger partial charge in [0.25, 0.3) is 0 Å². The zero-order chi connectivity index (χ0) is 24.9. The van der Waals surface area contributed by atoms with E-state index in [0.29, 0.717) is 5.75 Å². The molecule has 1 saturated heterocycles. The normalized spacial score (nSPS) is 13.6. The molecule has 1 aliphatic heterocycles. The molecule has 3 heterocycles. The fourth-order valence-corrected chi connectivity index (χ4v) is 5.84. The maximum atomic E-state index is 12.7. The summed E-state index contributed by atoms with van der Waals surface area (Å²) in [4.78, 5) is 22.7. The Morgan fingerprint density at radius 1 is 0.972 bits per heavy atom. The SMILES string of the molecule is COc1ccc(-c2nc(C)c(-c3ccc(SCC(=O)N4CCN(c5ccccc5)CC4)nn3)s2)cc1. The molecule has 0 unspecified atom stereocenters. The molecule has 0 saturated carbocycles. The van der Waals surface area contributed by atoms with Crippen LogP contribution in [0.5, 0.6) is 5.75 Å². The number of thiazole rings is 1. The van der Waals surface area contributed by atoms with E-state index in [1.165, 1.54) is 17.4 Å². The number of benzene rings is 2. The van der Waals surface area contributed by atoms with Gasteiger partial charge < -0.3 is 14.5 Å². The third-order valence-corrected chi connectivity index (χ3v) is 8.24. The van der Waals surface area contributed by atoms with Crippen LogP contribution in [0.15, 0.2) is 71.8 Å². The van der Waals surface area contributed by atoms with Gasteiger partial charge in [-0.3, -0.25) is 4.79 Å². The van der Waals surface area contributed by atoms with Gasteiger partial charge in [-0.1, -0.05) is 30.0 Å². The van der Waals surface area contributed by atoms with Gasteiger partial charge in [-0.2, -0.15) is 0 Å². The Morgan fingerprint density at radius 3 is 2.39 bits per heavy atom. The van der Waals surface area contributed by atoms with Gasteiger partial charge in [0.1, 0.15) is 21.5 Å². The van der Waals surface area contributed by atoms with E-state index in [2.05, 4.69) is 27.2 Å². The molecule has 184 valence electrons. The number of piperazine rings is 1. The second-order valence-corrected chi connectivity index (χ2v) is 10.4. The van der Waals surface area contributed by atoms with Gasteiger partial charge in [0, 0.05) is 37.4 Å². The fourth-order valence-electron chi connectivity index (χ4n) is 4.09. The lowest BCUT2D eigenvalue weighted by Crippen LogP contribution is -2.49. The van der Waals surface area contributed by atoms with Crippen molar-refractivity contribution < 1.29 is 9.53 Å². The van der Waals surface area contributed by atoms with Gasteiger partial charge in [-0.25, -0.2) is 4.98 Å². The number of thioether (sulfide) groups is 1. The average molecular weight is 518 g/mol. The number of aryl methyl sites for hydroxylation is 1. The summed E-state index contributed by atoms with van der Waals surface area (Å²) in [5.74, 6) is 1.32. The Labute approximate surface area is 219 Å². The molecule has 5 rings (SSSR count). The van der Waals surface area contributed by atoms with Gasteiger partial charge in [-0.15, -0.1) is 21.5 Å². The summed E-state index contributed by atoms with van der Waals surface area (Å²) in [6.07, 6.45) is 0. The van der Waals surface area contributed by atoms with Crippen molar-refractivity contribution in [1.82, 2.24) is 20.1 Å². The zero-order valence-corrected chi connectivity index (χ0v) is 21.9. The molecule has 1 amide bonds. The Hall–Kier alpha value is -3.43. The van der Waals surface area contributed by atoms with Crippen LogP contribution in [0, 0.1) is 6.92 Å². The van der Waals surface area contributed by atoms with E-state index in [1.54, 1.807) is 18.4 Å². The summed E-state index contributed by atoms with van der Waals surface area (Å²) in [5.41, 5.74) is 3.96. The van der Waals surface area contributed by atoms with Crippen molar-refractivity contribution in [1.29, 1.82) is 0 Å². The van der Waals surface area contributed by atoms with E-state index in [0.717, 1.165) is 63.8 Å². The highest BCUT2D eigenvalue weighted by Crippen LogP contribution is 2.35. The molecule has 0 atom stereocenters. The summed E-state index contributed by atoms with van der Waals surface area (Å²) in [5, 5.41) is 10.5. The Balaban J connectivity index is 1.16. The number of aromatic nitrogens is 3. The predicted molar refractivity (Wildman–Crippen MR) is 146 cm³/mol. The topological polar surface area (TPSA) is 71.5 Å². The van der Waals surface area contributed by atoms with E-state index in [4.69, 9.17) is 9.72 Å². The van der Waals surface area contributed by atoms with Crippen molar-refractivity contribution in [2.45, 2.75) is 11.9 Å². The monoisotopic (exact) mass is 517 g/mol. The van der Waals surface area contributed by atoms with E-state index in [-0.39, 0.29) is 5.91 Å². The van der Waals surface area contributed by atoms with Crippen LogP contribution >= 0.6 is 23.1 Å². The van der Waals surface area contributed by atoms with Crippen LogP contribution in [0.1, 0.15) is 5.69 Å². The molecule has 36 heavy (non-hydrogen) atoms. The first-order chi connectivity index (χ1) is 17.6. The summed E-state index contributed by atoms with van der Waals surface area (Å²) < 4.78 is 5.24. The number of carbonyl (C=O) groups is 1. The maximum Gasteiger partial charge on any atom is 0.233 e. The van der Waals surface area contributed by atoms with Gasteiger partial charge in [0.05, 0.1) is 23.4 Å². The Bertz CT molecular complexity index is 1300. The number of anilines is 1. The number of methoxy groups -OCH3 is 1. The van der Waals surface area contributed by atoms with Crippen molar-refractivity contribution in [3.8, 4) is 26.9 Å². The molecule has 4 aromatic rings. The van der Waals surface area contributed by atoms with Crippen molar-refractivity contribution in [3.05, 3.63) is 72.4 Å². The molecule has 0 bridgehead atoms. The molecule has 2 aromatic carbocycles. The van der Waals surface area contributed by atoms with Crippen molar-refractivity contribution >= 4 is 34.7 Å². The predicted octanol–water partition coefficient (Wildman–Crippen LogP) is 5.03. The first kappa shape index (κ1) is 24.3. The van der Waals surface area contributed by atoms with E-state index >= 15 is 0 Å². The molecule has 0 N–H and O–H groups in total.